The van der Waals surface area contributed by atoms with E-state index >= 15 is 0 Å². The van der Waals surface area contributed by atoms with Crippen LogP contribution in [0.15, 0.2) is 0 Å². The van der Waals surface area contributed by atoms with Crippen molar-refractivity contribution in [2.24, 2.45) is 11.7 Å². The van der Waals surface area contributed by atoms with Crippen molar-refractivity contribution in [3.05, 3.63) is 6.92 Å². The molecule has 2 amide bonds. The highest BCUT2D eigenvalue weighted by Crippen LogP contribution is 2.19. The van der Waals surface area contributed by atoms with Gasteiger partial charge in [-0.15, -0.1) is 0 Å². The number of hydrogen-bond acceptors (Lipinski definition) is 2. The number of hydrogen-bond donors (Lipinski definition) is 1. The monoisotopic (exact) mass is 197 g/mol. The third kappa shape index (κ3) is 2.25. The highest BCUT2D eigenvalue weighted by Gasteiger charge is 2.30. The van der Waals surface area contributed by atoms with E-state index in [1.54, 1.807) is 4.90 Å². The molecule has 1 radical (unpaired) electrons. The second kappa shape index (κ2) is 4.44. The molecule has 2 N–H and O–H groups in total. The summed E-state index contributed by atoms with van der Waals surface area (Å²) in [7, 11) is 0. The average molecular weight is 197 g/mol. The van der Waals surface area contributed by atoms with Crippen molar-refractivity contribution in [2.75, 3.05) is 6.54 Å². The summed E-state index contributed by atoms with van der Waals surface area (Å²) in [5, 5.41) is 0. The quantitative estimate of drug-likeness (QED) is 0.708. The number of nitrogens with two attached hydrogens (primary N) is 1. The van der Waals surface area contributed by atoms with Crippen LogP contribution in [-0.2, 0) is 9.59 Å². The molecule has 1 fully saturated rings. The molecule has 1 rings (SSSR count). The molecule has 0 aromatic heterocycles. The van der Waals surface area contributed by atoms with Crippen molar-refractivity contribution in [1.82, 2.24) is 4.90 Å². The van der Waals surface area contributed by atoms with E-state index < -0.39 is 11.9 Å². The second-order valence-electron chi connectivity index (χ2n) is 3.78. The fraction of sp³-hybridized carbons (Fsp3) is 0.700. The lowest BCUT2D eigenvalue weighted by Crippen LogP contribution is -2.51. The molecule has 2 atom stereocenters. The summed E-state index contributed by atoms with van der Waals surface area (Å²) < 4.78 is 0. The summed E-state index contributed by atoms with van der Waals surface area (Å²) in [5.41, 5.74) is 5.23. The molecular weight excluding hydrogens is 180 g/mol. The van der Waals surface area contributed by atoms with Gasteiger partial charge in [0.2, 0.25) is 11.8 Å². The first-order valence-electron chi connectivity index (χ1n) is 4.98. The number of carbonyl (C=O) groups is 2. The minimum Gasteiger partial charge on any atom is -0.368 e. The van der Waals surface area contributed by atoms with Crippen LogP contribution in [0.5, 0.6) is 0 Å². The predicted molar refractivity (Wildman–Crippen MR) is 53.1 cm³/mol. The molecule has 4 heteroatoms. The zero-order valence-corrected chi connectivity index (χ0v) is 8.53. The Kier molecular flexibility index (Phi) is 3.49. The summed E-state index contributed by atoms with van der Waals surface area (Å²) in [4.78, 5) is 24.2. The topological polar surface area (TPSA) is 63.4 Å². The number of piperidine rings is 1. The van der Waals surface area contributed by atoms with E-state index in [0.29, 0.717) is 19.4 Å². The molecule has 0 aromatic carbocycles. The predicted octanol–water partition coefficient (Wildman–Crippen LogP) is 0.323. The summed E-state index contributed by atoms with van der Waals surface area (Å²) in [5.74, 6) is -0.174. The molecule has 0 aliphatic carbocycles. The van der Waals surface area contributed by atoms with Crippen LogP contribution < -0.4 is 5.73 Å². The minimum atomic E-state index is -0.452. The molecule has 14 heavy (non-hydrogen) atoms. The van der Waals surface area contributed by atoms with E-state index in [1.807, 2.05) is 6.92 Å². The average Bonchev–Trinajstić information content (AvgIpc) is 2.11. The van der Waals surface area contributed by atoms with Gasteiger partial charge in [0, 0.05) is 13.0 Å². The lowest BCUT2D eigenvalue weighted by molar-refractivity contribution is -0.142. The Hall–Kier alpha value is -1.06. The van der Waals surface area contributed by atoms with E-state index in [-0.39, 0.29) is 11.8 Å². The lowest BCUT2D eigenvalue weighted by atomic mass is 9.97. The highest BCUT2D eigenvalue weighted by atomic mass is 16.2. The Labute approximate surface area is 84.4 Å². The van der Waals surface area contributed by atoms with Gasteiger partial charge in [-0.25, -0.2) is 0 Å². The fourth-order valence-corrected chi connectivity index (χ4v) is 1.82. The molecule has 1 unspecified atom stereocenters. The largest absolute Gasteiger partial charge is 0.368 e. The zero-order chi connectivity index (χ0) is 10.7. The van der Waals surface area contributed by atoms with Gasteiger partial charge in [-0.1, -0.05) is 6.92 Å². The Morgan fingerprint density at radius 1 is 1.79 bits per heavy atom. The van der Waals surface area contributed by atoms with Crippen molar-refractivity contribution < 1.29 is 9.59 Å². The smallest absolute Gasteiger partial charge is 0.240 e. The van der Waals surface area contributed by atoms with Crippen LogP contribution in [0.3, 0.4) is 0 Å². The van der Waals surface area contributed by atoms with E-state index in [1.165, 1.54) is 0 Å². The standard InChI is InChI=1S/C10H17N2O2/c1-3-8(10(11)14)12-6-7(2)4-5-9(12)13/h7-8H,2-6H2,1H3,(H2,11,14)/t7?,8-/m0/s1. The van der Waals surface area contributed by atoms with E-state index in [4.69, 9.17) is 5.73 Å². The van der Waals surface area contributed by atoms with E-state index in [9.17, 15) is 9.59 Å². The Morgan fingerprint density at radius 2 is 2.43 bits per heavy atom. The van der Waals surface area contributed by atoms with Crippen LogP contribution in [0.2, 0.25) is 0 Å². The number of rotatable bonds is 3. The molecule has 0 bridgehead atoms. The summed E-state index contributed by atoms with van der Waals surface area (Å²) >= 11 is 0. The van der Waals surface area contributed by atoms with Crippen LogP contribution in [-0.4, -0.2) is 29.3 Å². The fourth-order valence-electron chi connectivity index (χ4n) is 1.82. The first-order valence-corrected chi connectivity index (χ1v) is 4.98. The Morgan fingerprint density at radius 3 is 2.93 bits per heavy atom. The van der Waals surface area contributed by atoms with Gasteiger partial charge in [0.1, 0.15) is 6.04 Å². The van der Waals surface area contributed by atoms with Gasteiger partial charge in [-0.3, -0.25) is 9.59 Å². The van der Waals surface area contributed by atoms with Crippen LogP contribution >= 0.6 is 0 Å². The van der Waals surface area contributed by atoms with Crippen molar-refractivity contribution in [2.45, 2.75) is 32.2 Å². The number of primary amides is 1. The number of amides is 2. The number of likely N-dealkylation sites (tertiary alicyclic amines) is 1. The van der Waals surface area contributed by atoms with Crippen molar-refractivity contribution >= 4 is 11.8 Å². The maximum absolute atomic E-state index is 11.5. The molecule has 0 saturated carbocycles. The zero-order valence-electron chi connectivity index (χ0n) is 8.53. The molecular formula is C10H17N2O2. The molecule has 0 aromatic rings. The van der Waals surface area contributed by atoms with Crippen LogP contribution in [0.1, 0.15) is 26.2 Å². The van der Waals surface area contributed by atoms with Gasteiger partial charge in [0.25, 0.3) is 0 Å². The third-order valence-corrected chi connectivity index (χ3v) is 2.63. The van der Waals surface area contributed by atoms with Gasteiger partial charge in [0.05, 0.1) is 0 Å². The lowest BCUT2D eigenvalue weighted by Gasteiger charge is -2.35. The molecule has 1 heterocycles. The highest BCUT2D eigenvalue weighted by molar-refractivity contribution is 5.87. The van der Waals surface area contributed by atoms with Gasteiger partial charge in [0.15, 0.2) is 0 Å². The molecule has 0 spiro atoms. The SMILES string of the molecule is [CH2]C1CCC(=O)N([C@@H](CC)C(N)=O)C1. The normalized spacial score (nSPS) is 24.9. The van der Waals surface area contributed by atoms with E-state index in [2.05, 4.69) is 6.92 Å². The third-order valence-electron chi connectivity index (χ3n) is 2.63. The summed E-state index contributed by atoms with van der Waals surface area (Å²) in [6.07, 6.45) is 1.87. The summed E-state index contributed by atoms with van der Waals surface area (Å²) in [6, 6.07) is -0.452. The van der Waals surface area contributed by atoms with Crippen LogP contribution in [0.4, 0.5) is 0 Å². The van der Waals surface area contributed by atoms with Gasteiger partial charge >= 0.3 is 0 Å². The first-order chi connectivity index (χ1) is 6.56. The van der Waals surface area contributed by atoms with Gasteiger partial charge in [-0.05, 0) is 25.7 Å². The number of nitrogens with zero attached hydrogens (tertiary/aromatic N) is 1. The van der Waals surface area contributed by atoms with Crippen molar-refractivity contribution in [3.63, 3.8) is 0 Å². The first kappa shape index (κ1) is 11.0. The molecule has 1 aliphatic rings. The van der Waals surface area contributed by atoms with Gasteiger partial charge in [-0.2, -0.15) is 0 Å². The molecule has 1 saturated heterocycles. The second-order valence-corrected chi connectivity index (χ2v) is 3.78. The molecule has 1 aliphatic heterocycles. The van der Waals surface area contributed by atoms with Gasteiger partial charge < -0.3 is 10.6 Å². The maximum atomic E-state index is 11.5. The van der Waals surface area contributed by atoms with Crippen molar-refractivity contribution in [1.29, 1.82) is 0 Å². The summed E-state index contributed by atoms with van der Waals surface area (Å²) in [6.45, 7) is 6.32. The Balaban J connectivity index is 2.71. The van der Waals surface area contributed by atoms with Crippen LogP contribution in [0, 0.1) is 12.8 Å². The maximum Gasteiger partial charge on any atom is 0.240 e. The van der Waals surface area contributed by atoms with E-state index in [0.717, 1.165) is 6.42 Å². The molecule has 4 nitrogen and oxygen atoms in total. The molecule has 79 valence electrons. The van der Waals surface area contributed by atoms with Crippen molar-refractivity contribution in [3.8, 4) is 0 Å². The minimum absolute atomic E-state index is 0.0237. The Bertz CT molecular complexity index is 240. The van der Waals surface area contributed by atoms with Crippen LogP contribution in [0.25, 0.3) is 0 Å². The number of carbonyl (C=O) groups excluding carboxylic acids is 2.